The highest BCUT2D eigenvalue weighted by Crippen LogP contribution is 2.55. The van der Waals surface area contributed by atoms with Crippen LogP contribution < -0.4 is 10.6 Å². The number of fused-ring (bicyclic) bond motifs is 3. The number of halogens is 2. The summed E-state index contributed by atoms with van der Waals surface area (Å²) >= 11 is 0. The summed E-state index contributed by atoms with van der Waals surface area (Å²) in [7, 11) is 0. The molecular formula is C25H24F2N2O5. The normalized spacial score (nSPS) is 25.6. The zero-order valence-electron chi connectivity index (χ0n) is 18.2. The van der Waals surface area contributed by atoms with Crippen LogP contribution in [0.1, 0.15) is 23.5 Å². The molecule has 4 unspecified atom stereocenters. The van der Waals surface area contributed by atoms with Crippen LogP contribution in [0.15, 0.2) is 48.5 Å². The standard InChI is InChI=1S/C25H24F2N2O5/c26-25(27)20(21(25)22(30)28-10-13-9-18(13)23(31)32)11-29-24(33)34-12-19-16-7-3-1-5-14(16)15-6-2-4-8-17(15)19/h1-8,13,18-21H,9-12H2,(H,28,30)(H,29,33)(H,31,32). The lowest BCUT2D eigenvalue weighted by Gasteiger charge is -2.14. The van der Waals surface area contributed by atoms with Crippen molar-refractivity contribution in [3.63, 3.8) is 0 Å². The van der Waals surface area contributed by atoms with Crippen LogP contribution >= 0.6 is 0 Å². The average molecular weight is 470 g/mol. The lowest BCUT2D eigenvalue weighted by atomic mass is 9.98. The van der Waals surface area contributed by atoms with Crippen molar-refractivity contribution in [1.82, 2.24) is 10.6 Å². The van der Waals surface area contributed by atoms with Crippen LogP contribution in [0.2, 0.25) is 0 Å². The Morgan fingerprint density at radius 2 is 1.59 bits per heavy atom. The molecule has 2 amide bonds. The Bertz CT molecular complexity index is 1110. The third-order valence-electron chi connectivity index (χ3n) is 7.07. The second-order valence-corrected chi connectivity index (χ2v) is 9.15. The van der Waals surface area contributed by atoms with E-state index in [1.54, 1.807) is 0 Å². The molecule has 2 saturated carbocycles. The number of aliphatic carboxylic acids is 1. The largest absolute Gasteiger partial charge is 0.481 e. The number of carboxylic acid groups (broad SMARTS) is 1. The predicted molar refractivity (Wildman–Crippen MR) is 117 cm³/mol. The van der Waals surface area contributed by atoms with Crippen molar-refractivity contribution in [2.75, 3.05) is 19.7 Å². The lowest BCUT2D eigenvalue weighted by molar-refractivity contribution is -0.139. The minimum atomic E-state index is -3.23. The molecule has 7 nitrogen and oxygen atoms in total. The summed E-state index contributed by atoms with van der Waals surface area (Å²) in [6.07, 6.45) is -0.380. The zero-order valence-corrected chi connectivity index (χ0v) is 18.2. The van der Waals surface area contributed by atoms with E-state index >= 15 is 0 Å². The SMILES string of the molecule is O=C(NCC1C(C(=O)NCC2CC2C(=O)O)C1(F)F)OCC1c2ccccc2-c2ccccc21. The van der Waals surface area contributed by atoms with Crippen molar-refractivity contribution in [3.05, 3.63) is 59.7 Å². The van der Waals surface area contributed by atoms with E-state index in [9.17, 15) is 23.2 Å². The molecule has 0 radical (unpaired) electrons. The van der Waals surface area contributed by atoms with Crippen LogP contribution in [0.3, 0.4) is 0 Å². The number of alkyl carbamates (subject to hydrolysis) is 1. The molecule has 2 aromatic carbocycles. The Kier molecular flexibility index (Phi) is 5.50. The number of benzene rings is 2. The molecule has 9 heteroatoms. The molecule has 0 heterocycles. The number of nitrogens with one attached hydrogen (secondary N) is 2. The first kappa shape index (κ1) is 22.3. The van der Waals surface area contributed by atoms with Gasteiger partial charge in [0.05, 0.1) is 11.8 Å². The van der Waals surface area contributed by atoms with Crippen molar-refractivity contribution in [2.45, 2.75) is 18.3 Å². The summed E-state index contributed by atoms with van der Waals surface area (Å²) < 4.78 is 33.6. The molecule has 2 aromatic rings. The van der Waals surface area contributed by atoms with E-state index in [2.05, 4.69) is 10.6 Å². The first-order chi connectivity index (χ1) is 16.3. The first-order valence-corrected chi connectivity index (χ1v) is 11.3. The molecule has 0 aliphatic heterocycles. The van der Waals surface area contributed by atoms with E-state index in [0.29, 0.717) is 6.42 Å². The van der Waals surface area contributed by atoms with Crippen LogP contribution in [-0.4, -0.2) is 48.7 Å². The number of carbonyl (C=O) groups is 3. The van der Waals surface area contributed by atoms with E-state index in [-0.39, 0.29) is 31.5 Å². The number of rotatable bonds is 8. The number of ether oxygens (including phenoxy) is 1. The average Bonchev–Trinajstić information content (AvgIpc) is 3.68. The summed E-state index contributed by atoms with van der Waals surface area (Å²) in [5.41, 5.74) is 4.25. The smallest absolute Gasteiger partial charge is 0.407 e. The number of amides is 2. The topological polar surface area (TPSA) is 105 Å². The Balaban J connectivity index is 1.11. The molecule has 178 valence electrons. The van der Waals surface area contributed by atoms with Crippen LogP contribution in [0.4, 0.5) is 13.6 Å². The molecule has 2 fully saturated rings. The van der Waals surface area contributed by atoms with Gasteiger partial charge in [0.15, 0.2) is 0 Å². The van der Waals surface area contributed by atoms with Gasteiger partial charge in [0.2, 0.25) is 5.91 Å². The maximum absolute atomic E-state index is 14.1. The fourth-order valence-corrected chi connectivity index (χ4v) is 4.96. The van der Waals surface area contributed by atoms with Gasteiger partial charge in [-0.25, -0.2) is 13.6 Å². The maximum atomic E-state index is 14.1. The van der Waals surface area contributed by atoms with Gasteiger partial charge >= 0.3 is 12.1 Å². The van der Waals surface area contributed by atoms with Crippen molar-refractivity contribution in [2.24, 2.45) is 23.7 Å². The van der Waals surface area contributed by atoms with Crippen LogP contribution in [0.5, 0.6) is 0 Å². The van der Waals surface area contributed by atoms with Gasteiger partial charge in [-0.3, -0.25) is 9.59 Å². The van der Waals surface area contributed by atoms with Gasteiger partial charge in [0.1, 0.15) is 12.5 Å². The van der Waals surface area contributed by atoms with Crippen molar-refractivity contribution < 1.29 is 33.0 Å². The van der Waals surface area contributed by atoms with Crippen LogP contribution in [0, 0.1) is 23.7 Å². The molecule has 34 heavy (non-hydrogen) atoms. The van der Waals surface area contributed by atoms with E-state index in [4.69, 9.17) is 9.84 Å². The van der Waals surface area contributed by atoms with Gasteiger partial charge in [-0.15, -0.1) is 0 Å². The molecule has 3 aliphatic carbocycles. The Labute approximate surface area is 194 Å². The van der Waals surface area contributed by atoms with Crippen LogP contribution in [0.25, 0.3) is 11.1 Å². The van der Waals surface area contributed by atoms with E-state index in [1.807, 2.05) is 48.5 Å². The van der Waals surface area contributed by atoms with Crippen molar-refractivity contribution in [1.29, 1.82) is 0 Å². The molecule has 0 bridgehead atoms. The number of hydrogen-bond acceptors (Lipinski definition) is 4. The second kappa shape index (κ2) is 8.38. The predicted octanol–water partition coefficient (Wildman–Crippen LogP) is 3.24. The number of carbonyl (C=O) groups excluding carboxylic acids is 2. The van der Waals surface area contributed by atoms with Crippen molar-refractivity contribution in [3.8, 4) is 11.1 Å². The van der Waals surface area contributed by atoms with Crippen LogP contribution in [-0.2, 0) is 14.3 Å². The highest BCUT2D eigenvalue weighted by molar-refractivity contribution is 5.84. The van der Waals surface area contributed by atoms with E-state index in [1.165, 1.54) is 0 Å². The fourth-order valence-electron chi connectivity index (χ4n) is 4.96. The number of alkyl halides is 2. The van der Waals surface area contributed by atoms with E-state index in [0.717, 1.165) is 22.3 Å². The third kappa shape index (κ3) is 3.99. The number of carboxylic acids is 1. The lowest BCUT2D eigenvalue weighted by Crippen LogP contribution is -2.31. The quantitative estimate of drug-likeness (QED) is 0.550. The van der Waals surface area contributed by atoms with Gasteiger partial charge < -0.3 is 20.5 Å². The molecule has 0 spiro atoms. The highest BCUT2D eigenvalue weighted by atomic mass is 19.3. The fraction of sp³-hybridized carbons (Fsp3) is 0.400. The van der Waals surface area contributed by atoms with Crippen molar-refractivity contribution >= 4 is 18.0 Å². The summed E-state index contributed by atoms with van der Waals surface area (Å²) in [5.74, 6) is -8.73. The van der Waals surface area contributed by atoms with Gasteiger partial charge in [-0.1, -0.05) is 48.5 Å². The molecular weight excluding hydrogens is 446 g/mol. The van der Waals surface area contributed by atoms with Gasteiger partial charge in [-0.2, -0.15) is 0 Å². The monoisotopic (exact) mass is 470 g/mol. The summed E-state index contributed by atoms with van der Waals surface area (Å²) in [6, 6.07) is 15.7. The Hall–Kier alpha value is -3.49. The molecule has 0 aromatic heterocycles. The maximum Gasteiger partial charge on any atom is 0.407 e. The number of hydrogen-bond donors (Lipinski definition) is 3. The van der Waals surface area contributed by atoms with E-state index < -0.39 is 41.6 Å². The zero-order chi connectivity index (χ0) is 24.0. The summed E-state index contributed by atoms with van der Waals surface area (Å²) in [5, 5.41) is 13.7. The molecule has 4 atom stereocenters. The highest BCUT2D eigenvalue weighted by Gasteiger charge is 2.71. The first-order valence-electron chi connectivity index (χ1n) is 11.3. The summed E-state index contributed by atoms with van der Waals surface area (Å²) in [4.78, 5) is 35.2. The second-order valence-electron chi connectivity index (χ2n) is 9.15. The molecule has 5 rings (SSSR count). The molecule has 3 aliphatic rings. The third-order valence-corrected chi connectivity index (χ3v) is 7.07. The van der Waals surface area contributed by atoms with Gasteiger partial charge in [0, 0.05) is 19.0 Å². The Morgan fingerprint density at radius 3 is 2.18 bits per heavy atom. The molecule has 0 saturated heterocycles. The minimum Gasteiger partial charge on any atom is -0.481 e. The molecule has 3 N–H and O–H groups in total. The van der Waals surface area contributed by atoms with Gasteiger partial charge in [0.25, 0.3) is 5.92 Å². The minimum absolute atomic E-state index is 0.0644. The summed E-state index contributed by atoms with van der Waals surface area (Å²) in [6.45, 7) is -0.255. The van der Waals surface area contributed by atoms with Gasteiger partial charge in [-0.05, 0) is 34.6 Å². The Morgan fingerprint density at radius 1 is 0.971 bits per heavy atom.